The third-order valence-corrected chi connectivity index (χ3v) is 7.26. The molecule has 0 bridgehead atoms. The Bertz CT molecular complexity index is 1090. The van der Waals surface area contributed by atoms with Gasteiger partial charge in [0.2, 0.25) is 5.91 Å². The number of ether oxygens (including phenoxy) is 3. The van der Waals surface area contributed by atoms with E-state index in [9.17, 15) is 14.4 Å². The highest BCUT2D eigenvalue weighted by Crippen LogP contribution is 2.23. The minimum atomic E-state index is -0.348. The van der Waals surface area contributed by atoms with Crippen molar-refractivity contribution >= 4 is 51.2 Å². The van der Waals surface area contributed by atoms with Gasteiger partial charge in [0.1, 0.15) is 5.75 Å². The van der Waals surface area contributed by atoms with Gasteiger partial charge in [0.25, 0.3) is 5.91 Å². The SMILES string of the molecule is CCOC(=O)N1CCN(C(=O)CSCC(=O)N=c2sc3cc(OCC)ccc3n2CCOC)CC1. The average Bonchev–Trinajstić information content (AvgIpc) is 3.18. The number of amides is 3. The van der Waals surface area contributed by atoms with Crippen molar-refractivity contribution in [2.75, 3.05) is 64.6 Å². The van der Waals surface area contributed by atoms with Gasteiger partial charge in [-0.05, 0) is 32.0 Å². The molecule has 2 heterocycles. The molecule has 1 aromatic carbocycles. The van der Waals surface area contributed by atoms with E-state index in [0.29, 0.717) is 57.3 Å². The molecule has 10 nitrogen and oxygen atoms in total. The maximum absolute atomic E-state index is 12.6. The molecule has 0 N–H and O–H groups in total. The molecule has 0 atom stereocenters. The van der Waals surface area contributed by atoms with Crippen LogP contribution in [0.4, 0.5) is 4.79 Å². The summed E-state index contributed by atoms with van der Waals surface area (Å²) >= 11 is 2.67. The summed E-state index contributed by atoms with van der Waals surface area (Å²) < 4.78 is 18.8. The molecule has 35 heavy (non-hydrogen) atoms. The van der Waals surface area contributed by atoms with Crippen molar-refractivity contribution < 1.29 is 28.6 Å². The highest BCUT2D eigenvalue weighted by molar-refractivity contribution is 8.00. The molecule has 0 radical (unpaired) electrons. The minimum Gasteiger partial charge on any atom is -0.494 e. The Balaban J connectivity index is 1.57. The highest BCUT2D eigenvalue weighted by Gasteiger charge is 2.24. The van der Waals surface area contributed by atoms with Gasteiger partial charge < -0.3 is 28.6 Å². The molecule has 0 unspecified atom stereocenters. The first-order valence-electron chi connectivity index (χ1n) is 11.6. The maximum atomic E-state index is 12.6. The molecule has 3 amide bonds. The van der Waals surface area contributed by atoms with Crippen molar-refractivity contribution in [3.8, 4) is 5.75 Å². The van der Waals surface area contributed by atoms with Gasteiger partial charge >= 0.3 is 6.09 Å². The first-order valence-corrected chi connectivity index (χ1v) is 13.5. The average molecular weight is 525 g/mol. The summed E-state index contributed by atoms with van der Waals surface area (Å²) in [5.74, 6) is 0.728. The van der Waals surface area contributed by atoms with Gasteiger partial charge in [-0.25, -0.2) is 4.79 Å². The number of fused-ring (bicyclic) bond motifs is 1. The van der Waals surface area contributed by atoms with E-state index in [1.165, 1.54) is 23.1 Å². The molecule has 3 rings (SSSR count). The van der Waals surface area contributed by atoms with Crippen LogP contribution in [0.3, 0.4) is 0 Å². The number of thioether (sulfide) groups is 1. The highest BCUT2D eigenvalue weighted by atomic mass is 32.2. The van der Waals surface area contributed by atoms with E-state index in [1.54, 1.807) is 23.8 Å². The van der Waals surface area contributed by atoms with Gasteiger partial charge in [-0.1, -0.05) is 11.3 Å². The Hall–Kier alpha value is -2.57. The number of aromatic nitrogens is 1. The Kier molecular flexibility index (Phi) is 10.4. The molecule has 192 valence electrons. The van der Waals surface area contributed by atoms with Crippen LogP contribution in [-0.4, -0.2) is 96.9 Å². The summed E-state index contributed by atoms with van der Waals surface area (Å²) in [6.45, 7) is 7.48. The van der Waals surface area contributed by atoms with E-state index >= 15 is 0 Å². The molecule has 0 spiro atoms. The van der Waals surface area contributed by atoms with Crippen molar-refractivity contribution in [2.24, 2.45) is 4.99 Å². The molecular formula is C23H32N4O6S2. The fourth-order valence-electron chi connectivity index (χ4n) is 3.60. The lowest BCUT2D eigenvalue weighted by molar-refractivity contribution is -0.129. The number of hydrogen-bond donors (Lipinski definition) is 0. The lowest BCUT2D eigenvalue weighted by Crippen LogP contribution is -2.51. The topological polar surface area (TPSA) is 103 Å². The summed E-state index contributed by atoms with van der Waals surface area (Å²) in [4.78, 5) is 45.1. The third-order valence-electron chi connectivity index (χ3n) is 5.31. The van der Waals surface area contributed by atoms with E-state index in [-0.39, 0.29) is 29.4 Å². The van der Waals surface area contributed by atoms with E-state index < -0.39 is 0 Å². The van der Waals surface area contributed by atoms with E-state index in [2.05, 4.69) is 4.99 Å². The molecule has 1 aliphatic heterocycles. The van der Waals surface area contributed by atoms with Gasteiger partial charge in [0.15, 0.2) is 4.80 Å². The van der Waals surface area contributed by atoms with Crippen LogP contribution >= 0.6 is 23.1 Å². The smallest absolute Gasteiger partial charge is 0.409 e. The number of piperazine rings is 1. The number of benzene rings is 1. The summed E-state index contributed by atoms with van der Waals surface area (Å²) in [5, 5.41) is 0. The van der Waals surface area contributed by atoms with Gasteiger partial charge in [-0.15, -0.1) is 11.8 Å². The first-order chi connectivity index (χ1) is 17.0. The molecule has 0 aliphatic carbocycles. The summed E-state index contributed by atoms with van der Waals surface area (Å²) in [6.07, 6.45) is -0.348. The monoisotopic (exact) mass is 524 g/mol. The second-order valence-electron chi connectivity index (χ2n) is 7.66. The zero-order valence-electron chi connectivity index (χ0n) is 20.4. The van der Waals surface area contributed by atoms with Crippen LogP contribution in [0.1, 0.15) is 13.8 Å². The lowest BCUT2D eigenvalue weighted by Gasteiger charge is -2.34. The summed E-state index contributed by atoms with van der Waals surface area (Å²) in [7, 11) is 1.63. The van der Waals surface area contributed by atoms with Gasteiger partial charge in [-0.2, -0.15) is 4.99 Å². The van der Waals surface area contributed by atoms with Gasteiger partial charge in [-0.3, -0.25) is 9.59 Å². The zero-order valence-corrected chi connectivity index (χ0v) is 22.0. The van der Waals surface area contributed by atoms with Crippen molar-refractivity contribution in [1.29, 1.82) is 0 Å². The molecule has 1 aromatic heterocycles. The van der Waals surface area contributed by atoms with Crippen molar-refractivity contribution in [1.82, 2.24) is 14.4 Å². The standard InChI is InChI=1S/C23H32N4O6S2/c1-4-32-17-6-7-18-19(14-17)35-22(27(18)12-13-31-3)24-20(28)15-34-16-21(29)25-8-10-26(11-9-25)23(30)33-5-2/h6-7,14H,4-5,8-13,15-16H2,1-3H3. The number of methoxy groups -OCH3 is 1. The predicted molar refractivity (Wildman–Crippen MR) is 136 cm³/mol. The zero-order chi connectivity index (χ0) is 25.2. The quantitative estimate of drug-likeness (QED) is 0.470. The van der Waals surface area contributed by atoms with E-state index in [4.69, 9.17) is 14.2 Å². The maximum Gasteiger partial charge on any atom is 0.409 e. The molecule has 1 fully saturated rings. The van der Waals surface area contributed by atoms with Crippen LogP contribution in [0.15, 0.2) is 23.2 Å². The largest absolute Gasteiger partial charge is 0.494 e. The molecule has 12 heteroatoms. The first kappa shape index (κ1) is 27.0. The van der Waals surface area contributed by atoms with Crippen LogP contribution in [0.5, 0.6) is 5.75 Å². The summed E-state index contributed by atoms with van der Waals surface area (Å²) in [5.41, 5.74) is 0.965. The van der Waals surface area contributed by atoms with Crippen molar-refractivity contribution in [2.45, 2.75) is 20.4 Å². The summed E-state index contributed by atoms with van der Waals surface area (Å²) in [6, 6.07) is 5.82. The van der Waals surface area contributed by atoms with Crippen molar-refractivity contribution in [3.63, 3.8) is 0 Å². The van der Waals surface area contributed by atoms with Crippen LogP contribution in [0.2, 0.25) is 0 Å². The fraction of sp³-hybridized carbons (Fsp3) is 0.565. The number of nitrogens with zero attached hydrogens (tertiary/aromatic N) is 4. The predicted octanol–water partition coefficient (Wildman–Crippen LogP) is 2.21. The van der Waals surface area contributed by atoms with Crippen molar-refractivity contribution in [3.05, 3.63) is 23.0 Å². The fourth-order valence-corrected chi connectivity index (χ4v) is 5.40. The number of carbonyl (C=O) groups is 3. The second-order valence-corrected chi connectivity index (χ2v) is 9.65. The Morgan fingerprint density at radius 3 is 2.49 bits per heavy atom. The lowest BCUT2D eigenvalue weighted by atomic mass is 10.3. The molecular weight excluding hydrogens is 492 g/mol. The Morgan fingerprint density at radius 2 is 1.80 bits per heavy atom. The molecule has 1 saturated heterocycles. The Labute approximate surface area is 212 Å². The number of hydrogen-bond acceptors (Lipinski definition) is 8. The Morgan fingerprint density at radius 1 is 1.06 bits per heavy atom. The minimum absolute atomic E-state index is 0.0493. The van der Waals surface area contributed by atoms with Gasteiger partial charge in [0.05, 0.1) is 41.5 Å². The molecule has 1 aliphatic rings. The number of rotatable bonds is 10. The van der Waals surface area contributed by atoms with Crippen LogP contribution in [0, 0.1) is 0 Å². The van der Waals surface area contributed by atoms with Gasteiger partial charge in [0, 0.05) is 39.8 Å². The normalized spacial score (nSPS) is 14.4. The van der Waals surface area contributed by atoms with E-state index in [0.717, 1.165) is 16.0 Å². The second kappa shape index (κ2) is 13.5. The molecule has 2 aromatic rings. The molecule has 0 saturated carbocycles. The number of thiazole rings is 1. The van der Waals surface area contributed by atoms with E-state index in [1.807, 2.05) is 29.7 Å². The van der Waals surface area contributed by atoms with Crippen LogP contribution in [-0.2, 0) is 25.6 Å². The third kappa shape index (κ3) is 7.45. The van der Waals surface area contributed by atoms with Crippen LogP contribution < -0.4 is 9.54 Å². The number of carbonyl (C=O) groups excluding carboxylic acids is 3. The van der Waals surface area contributed by atoms with Crippen LogP contribution in [0.25, 0.3) is 10.2 Å².